The molecular weight excluding hydrogens is 217 g/mol. The first-order valence-corrected chi connectivity index (χ1v) is 5.47. The molecule has 5 rings (SSSR count). The van der Waals surface area contributed by atoms with Gasteiger partial charge in [-0.05, 0) is 12.1 Å². The third-order valence-corrected chi connectivity index (χ3v) is 3.33. The highest BCUT2D eigenvalue weighted by atomic mass is 16.8. The number of nitrogens with one attached hydrogen (secondary N) is 1. The lowest BCUT2D eigenvalue weighted by Gasteiger charge is -2.09. The normalized spacial score (nSPS) is 15.2. The maximum Gasteiger partial charge on any atom is 0.864 e. The van der Waals surface area contributed by atoms with E-state index in [0.717, 1.165) is 27.9 Å². The van der Waals surface area contributed by atoms with Gasteiger partial charge in [-0.15, -0.1) is 0 Å². The third-order valence-electron chi connectivity index (χ3n) is 3.33. The fourth-order valence-electron chi connectivity index (χ4n) is 2.59. The van der Waals surface area contributed by atoms with Gasteiger partial charge in [-0.2, -0.15) is 0 Å². The highest BCUT2D eigenvalue weighted by Crippen LogP contribution is 2.52. The van der Waals surface area contributed by atoms with Crippen molar-refractivity contribution in [2.24, 2.45) is 0 Å². The van der Waals surface area contributed by atoms with Gasteiger partial charge in [0.05, 0.1) is 5.52 Å². The number of para-hydroxylation sites is 1. The molecule has 1 N–H and O–H groups in total. The Balaban J connectivity index is 2.07. The Kier molecular flexibility index (Phi) is 1.09. The quantitative estimate of drug-likeness (QED) is 0.595. The summed E-state index contributed by atoms with van der Waals surface area (Å²) in [5.74, 6) is 2.26. The van der Waals surface area contributed by atoms with Gasteiger partial charge in [0.15, 0.2) is 17.2 Å². The Hall–Kier alpha value is -2.30. The zero-order valence-electron chi connectivity index (χ0n) is 8.69. The van der Waals surface area contributed by atoms with Gasteiger partial charge < -0.3 is 18.9 Å². The Morgan fingerprint density at radius 3 is 2.76 bits per heavy atom. The molecule has 2 aliphatic rings. The van der Waals surface area contributed by atoms with Crippen molar-refractivity contribution in [3.8, 4) is 17.2 Å². The molecule has 0 saturated heterocycles. The van der Waals surface area contributed by atoms with E-state index in [1.807, 2.05) is 24.3 Å². The Morgan fingerprint density at radius 1 is 0.941 bits per heavy atom. The summed E-state index contributed by atoms with van der Waals surface area (Å²) >= 11 is 0. The number of hydrogen-bond acceptors (Lipinski definition) is 3. The van der Waals surface area contributed by atoms with Gasteiger partial charge in [0, 0.05) is 16.3 Å². The van der Waals surface area contributed by atoms with E-state index in [-0.39, 0.29) is 0 Å². The summed E-state index contributed by atoms with van der Waals surface area (Å²) in [5.41, 5.74) is 2.08. The summed E-state index contributed by atoms with van der Waals surface area (Å²) < 4.78 is 16.4. The Morgan fingerprint density at radius 2 is 1.82 bits per heavy atom. The van der Waals surface area contributed by atoms with Gasteiger partial charge in [0.25, 0.3) is 0 Å². The van der Waals surface area contributed by atoms with Gasteiger partial charge >= 0.3 is 7.32 Å². The van der Waals surface area contributed by atoms with E-state index in [1.165, 1.54) is 5.39 Å². The van der Waals surface area contributed by atoms with Crippen LogP contribution in [0.25, 0.3) is 21.8 Å². The number of benzene rings is 2. The summed E-state index contributed by atoms with van der Waals surface area (Å²) in [6.45, 7) is 0. The number of hydrogen-bond donors (Lipinski definition) is 1. The summed E-state index contributed by atoms with van der Waals surface area (Å²) in [4.78, 5) is 3.37. The highest BCUT2D eigenvalue weighted by Gasteiger charge is 2.48. The molecule has 0 aliphatic carbocycles. The molecule has 80 valence electrons. The minimum absolute atomic E-state index is 0.592. The predicted molar refractivity (Wildman–Crippen MR) is 63.4 cm³/mol. The summed E-state index contributed by atoms with van der Waals surface area (Å²) in [5, 5.41) is 2.28. The van der Waals surface area contributed by atoms with E-state index < -0.39 is 7.32 Å². The van der Waals surface area contributed by atoms with Crippen LogP contribution in [0.2, 0.25) is 0 Å². The lowest BCUT2D eigenvalue weighted by Crippen LogP contribution is -2.29. The molecule has 0 unspecified atom stereocenters. The molecule has 0 saturated carbocycles. The van der Waals surface area contributed by atoms with Crippen LogP contribution in [0.15, 0.2) is 30.3 Å². The Bertz CT molecular complexity index is 795. The topological polar surface area (TPSA) is 43.5 Å². The zero-order valence-corrected chi connectivity index (χ0v) is 8.69. The van der Waals surface area contributed by atoms with E-state index >= 15 is 0 Å². The second-order valence-electron chi connectivity index (χ2n) is 4.27. The predicted octanol–water partition coefficient (Wildman–Crippen LogP) is 2.47. The first kappa shape index (κ1) is 7.89. The molecule has 2 aromatic carbocycles. The van der Waals surface area contributed by atoms with Gasteiger partial charge in [0.1, 0.15) is 0 Å². The average Bonchev–Trinajstić information content (AvgIpc) is 2.99. The maximum absolute atomic E-state index is 5.55. The van der Waals surface area contributed by atoms with E-state index in [1.54, 1.807) is 0 Å². The third kappa shape index (κ3) is 0.792. The molecule has 0 radical (unpaired) electrons. The van der Waals surface area contributed by atoms with Crippen LogP contribution in [0, 0.1) is 0 Å². The van der Waals surface area contributed by atoms with Crippen LogP contribution in [-0.2, 0) is 0 Å². The molecule has 5 heteroatoms. The van der Waals surface area contributed by atoms with Gasteiger partial charge in [-0.1, -0.05) is 18.2 Å². The minimum atomic E-state index is -0.592. The molecule has 2 aliphatic heterocycles. The molecule has 0 spiro atoms. The molecule has 2 bridgehead atoms. The van der Waals surface area contributed by atoms with E-state index in [0.29, 0.717) is 5.75 Å². The van der Waals surface area contributed by atoms with Crippen molar-refractivity contribution in [1.82, 2.24) is 4.98 Å². The second kappa shape index (κ2) is 2.35. The number of aromatic amines is 1. The van der Waals surface area contributed by atoms with E-state index in [9.17, 15) is 0 Å². The van der Waals surface area contributed by atoms with Gasteiger partial charge in [-0.3, -0.25) is 0 Å². The molecule has 3 heterocycles. The van der Waals surface area contributed by atoms with Crippen LogP contribution >= 0.6 is 0 Å². The standard InChI is InChI=1S/C12H6BNO3/c1-2-4-8-6(3-1)7-5-9-11-12(10(7)14-8)17-13(15-9)16-11/h1-5,14H. The summed E-state index contributed by atoms with van der Waals surface area (Å²) in [6, 6.07) is 10.2. The van der Waals surface area contributed by atoms with Crippen LogP contribution in [0.5, 0.6) is 17.2 Å². The molecule has 4 nitrogen and oxygen atoms in total. The zero-order chi connectivity index (χ0) is 11.0. The number of fused-ring (bicyclic) bond motifs is 5. The number of rotatable bonds is 0. The van der Waals surface area contributed by atoms with Crippen molar-refractivity contribution in [3.05, 3.63) is 30.3 Å². The minimum Gasteiger partial charge on any atom is -0.486 e. The number of H-pyrrole nitrogens is 1. The van der Waals surface area contributed by atoms with Crippen molar-refractivity contribution in [2.75, 3.05) is 0 Å². The van der Waals surface area contributed by atoms with Crippen molar-refractivity contribution < 1.29 is 14.0 Å². The van der Waals surface area contributed by atoms with Crippen LogP contribution < -0.4 is 14.0 Å². The Labute approximate surface area is 96.3 Å². The fraction of sp³-hybridized carbons (Fsp3) is 0. The first-order chi connectivity index (χ1) is 8.40. The molecule has 3 aromatic rings. The maximum atomic E-state index is 5.55. The van der Waals surface area contributed by atoms with Crippen LogP contribution in [0.1, 0.15) is 0 Å². The summed E-state index contributed by atoms with van der Waals surface area (Å²) in [6.07, 6.45) is 0. The summed E-state index contributed by atoms with van der Waals surface area (Å²) in [7, 11) is -0.592. The molecule has 0 amide bonds. The molecule has 1 aromatic heterocycles. The molecule has 0 atom stereocenters. The van der Waals surface area contributed by atoms with Gasteiger partial charge in [-0.25, -0.2) is 0 Å². The molecule has 17 heavy (non-hydrogen) atoms. The molecule has 0 fully saturated rings. The monoisotopic (exact) mass is 223 g/mol. The largest absolute Gasteiger partial charge is 0.864 e. The van der Waals surface area contributed by atoms with Crippen molar-refractivity contribution in [1.29, 1.82) is 0 Å². The van der Waals surface area contributed by atoms with Crippen molar-refractivity contribution >= 4 is 29.1 Å². The van der Waals surface area contributed by atoms with Gasteiger partial charge in [0.2, 0.25) is 0 Å². The van der Waals surface area contributed by atoms with Crippen molar-refractivity contribution in [3.63, 3.8) is 0 Å². The average molecular weight is 223 g/mol. The fourth-order valence-corrected chi connectivity index (χ4v) is 2.59. The van der Waals surface area contributed by atoms with Crippen LogP contribution in [0.4, 0.5) is 0 Å². The lowest BCUT2D eigenvalue weighted by atomic mass is 10.1. The SMILES string of the molecule is c1ccc2c(c1)[nH]c1c3c4c(cc12)OB(O4)O3. The van der Waals surface area contributed by atoms with Crippen LogP contribution in [0.3, 0.4) is 0 Å². The smallest absolute Gasteiger partial charge is 0.486 e. The van der Waals surface area contributed by atoms with E-state index in [2.05, 4.69) is 11.1 Å². The lowest BCUT2D eigenvalue weighted by molar-refractivity contribution is 0.385. The first-order valence-electron chi connectivity index (χ1n) is 5.47. The van der Waals surface area contributed by atoms with Crippen molar-refractivity contribution in [2.45, 2.75) is 0 Å². The van der Waals surface area contributed by atoms with E-state index in [4.69, 9.17) is 14.0 Å². The van der Waals surface area contributed by atoms with Crippen LogP contribution in [-0.4, -0.2) is 12.3 Å². The number of aromatic nitrogens is 1. The molecular formula is C12H6BNO3. The second-order valence-corrected chi connectivity index (χ2v) is 4.27. The highest BCUT2D eigenvalue weighted by molar-refractivity contribution is 6.44.